The number of nitrogens with zero attached hydrogens (tertiary/aromatic N) is 2. The third-order valence-corrected chi connectivity index (χ3v) is 4.55. The standard InChI is InChI=1S/C15H18BrN3O2/c1-20-14-6-11(2-3-12(14)16)19-9-18-7-13(19)15(17)10-4-5-21-8-10/h2-3,6-7,9-10,15H,4-5,8,17H2,1H3. The van der Waals surface area contributed by atoms with E-state index in [4.69, 9.17) is 15.2 Å². The zero-order valence-corrected chi connectivity index (χ0v) is 13.4. The van der Waals surface area contributed by atoms with Gasteiger partial charge in [0.15, 0.2) is 0 Å². The summed E-state index contributed by atoms with van der Waals surface area (Å²) in [5, 5.41) is 0. The fraction of sp³-hybridized carbons (Fsp3) is 0.400. The smallest absolute Gasteiger partial charge is 0.135 e. The maximum atomic E-state index is 6.40. The molecule has 112 valence electrons. The zero-order chi connectivity index (χ0) is 14.8. The van der Waals surface area contributed by atoms with Crippen molar-refractivity contribution < 1.29 is 9.47 Å². The summed E-state index contributed by atoms with van der Waals surface area (Å²) >= 11 is 3.46. The van der Waals surface area contributed by atoms with E-state index >= 15 is 0 Å². The maximum absolute atomic E-state index is 6.40. The first-order valence-electron chi connectivity index (χ1n) is 6.90. The van der Waals surface area contributed by atoms with E-state index in [0.717, 1.165) is 41.2 Å². The lowest BCUT2D eigenvalue weighted by Gasteiger charge is -2.19. The molecule has 2 atom stereocenters. The second kappa shape index (κ2) is 6.17. The Balaban J connectivity index is 1.94. The second-order valence-corrected chi connectivity index (χ2v) is 6.01. The van der Waals surface area contributed by atoms with Gasteiger partial charge in [-0.3, -0.25) is 0 Å². The summed E-state index contributed by atoms with van der Waals surface area (Å²) in [6.07, 6.45) is 4.61. The molecule has 1 saturated heterocycles. The lowest BCUT2D eigenvalue weighted by Crippen LogP contribution is -2.24. The molecule has 0 aliphatic carbocycles. The number of imidazole rings is 1. The van der Waals surface area contributed by atoms with E-state index < -0.39 is 0 Å². The van der Waals surface area contributed by atoms with Crippen LogP contribution in [-0.2, 0) is 4.74 Å². The SMILES string of the molecule is COc1cc(-n2cncc2C(N)C2CCOC2)ccc1Br. The first kappa shape index (κ1) is 14.6. The molecule has 1 aliphatic heterocycles. The highest BCUT2D eigenvalue weighted by molar-refractivity contribution is 9.10. The van der Waals surface area contributed by atoms with Crippen LogP contribution in [0, 0.1) is 5.92 Å². The van der Waals surface area contributed by atoms with Gasteiger partial charge in [0.1, 0.15) is 5.75 Å². The van der Waals surface area contributed by atoms with Gasteiger partial charge in [-0.1, -0.05) is 0 Å². The number of hydrogen-bond acceptors (Lipinski definition) is 4. The van der Waals surface area contributed by atoms with Crippen LogP contribution in [0.4, 0.5) is 0 Å². The van der Waals surface area contributed by atoms with Crippen LogP contribution in [0.1, 0.15) is 18.2 Å². The predicted octanol–water partition coefficient (Wildman–Crippen LogP) is 2.68. The van der Waals surface area contributed by atoms with Gasteiger partial charge >= 0.3 is 0 Å². The van der Waals surface area contributed by atoms with Crippen molar-refractivity contribution in [2.75, 3.05) is 20.3 Å². The molecule has 2 heterocycles. The van der Waals surface area contributed by atoms with E-state index in [1.807, 2.05) is 29.0 Å². The Hall–Kier alpha value is -1.37. The van der Waals surface area contributed by atoms with E-state index in [1.54, 1.807) is 13.4 Å². The van der Waals surface area contributed by atoms with Crippen LogP contribution >= 0.6 is 15.9 Å². The lowest BCUT2D eigenvalue weighted by atomic mass is 9.97. The Morgan fingerprint density at radius 3 is 3.10 bits per heavy atom. The zero-order valence-electron chi connectivity index (χ0n) is 11.8. The molecule has 1 aliphatic rings. The highest BCUT2D eigenvalue weighted by Gasteiger charge is 2.26. The number of benzene rings is 1. The van der Waals surface area contributed by atoms with Gasteiger partial charge in [-0.2, -0.15) is 0 Å². The molecule has 6 heteroatoms. The van der Waals surface area contributed by atoms with E-state index in [2.05, 4.69) is 20.9 Å². The van der Waals surface area contributed by atoms with Crippen molar-refractivity contribution in [3.63, 3.8) is 0 Å². The number of rotatable bonds is 4. The van der Waals surface area contributed by atoms with Crippen LogP contribution < -0.4 is 10.5 Å². The molecule has 1 aromatic carbocycles. The molecule has 1 aromatic heterocycles. The third kappa shape index (κ3) is 2.84. The molecule has 21 heavy (non-hydrogen) atoms. The number of nitrogens with two attached hydrogens (primary N) is 1. The fourth-order valence-electron chi connectivity index (χ4n) is 2.64. The number of ether oxygens (including phenoxy) is 2. The monoisotopic (exact) mass is 351 g/mol. The topological polar surface area (TPSA) is 62.3 Å². The van der Waals surface area contributed by atoms with Crippen LogP contribution in [0.25, 0.3) is 5.69 Å². The summed E-state index contributed by atoms with van der Waals surface area (Å²) in [4.78, 5) is 4.26. The Morgan fingerprint density at radius 2 is 2.38 bits per heavy atom. The van der Waals surface area contributed by atoms with Crippen molar-refractivity contribution in [1.29, 1.82) is 0 Å². The first-order chi connectivity index (χ1) is 10.2. The first-order valence-corrected chi connectivity index (χ1v) is 7.69. The van der Waals surface area contributed by atoms with Gasteiger partial charge < -0.3 is 19.8 Å². The van der Waals surface area contributed by atoms with Crippen LogP contribution in [0.3, 0.4) is 0 Å². The summed E-state index contributed by atoms with van der Waals surface area (Å²) in [5.74, 6) is 1.13. The van der Waals surface area contributed by atoms with Crippen LogP contribution in [0.15, 0.2) is 35.2 Å². The minimum Gasteiger partial charge on any atom is -0.495 e. The molecule has 0 radical (unpaired) electrons. The molecule has 2 unspecified atom stereocenters. The summed E-state index contributed by atoms with van der Waals surface area (Å²) in [6, 6.07) is 5.86. The van der Waals surface area contributed by atoms with Crippen molar-refractivity contribution in [3.8, 4) is 11.4 Å². The summed E-state index contributed by atoms with van der Waals surface area (Å²) in [5.41, 5.74) is 8.38. The largest absolute Gasteiger partial charge is 0.495 e. The van der Waals surface area contributed by atoms with Crippen LogP contribution in [0.5, 0.6) is 5.75 Å². The Bertz CT molecular complexity index is 623. The quantitative estimate of drug-likeness (QED) is 0.919. The average Bonchev–Trinajstić information content (AvgIpc) is 3.18. The molecule has 2 aromatic rings. The molecule has 0 spiro atoms. The normalized spacial score (nSPS) is 19.7. The molecule has 5 nitrogen and oxygen atoms in total. The highest BCUT2D eigenvalue weighted by atomic mass is 79.9. The van der Waals surface area contributed by atoms with Gasteiger partial charge in [0.25, 0.3) is 0 Å². The third-order valence-electron chi connectivity index (χ3n) is 3.89. The van der Waals surface area contributed by atoms with Crippen LogP contribution in [0.2, 0.25) is 0 Å². The minimum absolute atomic E-state index is 0.0790. The molecule has 2 N–H and O–H groups in total. The Kier molecular flexibility index (Phi) is 4.28. The van der Waals surface area contributed by atoms with E-state index in [9.17, 15) is 0 Å². The Labute approximate surface area is 132 Å². The molecule has 0 saturated carbocycles. The average molecular weight is 352 g/mol. The number of methoxy groups -OCH3 is 1. The lowest BCUT2D eigenvalue weighted by molar-refractivity contribution is 0.180. The van der Waals surface area contributed by atoms with Crippen molar-refractivity contribution in [2.24, 2.45) is 11.7 Å². The molecule has 0 amide bonds. The fourth-order valence-corrected chi connectivity index (χ4v) is 3.05. The summed E-state index contributed by atoms with van der Waals surface area (Å²) in [6.45, 7) is 1.51. The van der Waals surface area contributed by atoms with E-state index in [1.165, 1.54) is 0 Å². The van der Waals surface area contributed by atoms with Gasteiger partial charge in [0, 0.05) is 18.6 Å². The highest BCUT2D eigenvalue weighted by Crippen LogP contribution is 2.31. The van der Waals surface area contributed by atoms with E-state index in [-0.39, 0.29) is 6.04 Å². The van der Waals surface area contributed by atoms with Crippen molar-refractivity contribution in [3.05, 3.63) is 40.9 Å². The van der Waals surface area contributed by atoms with Crippen molar-refractivity contribution in [1.82, 2.24) is 9.55 Å². The van der Waals surface area contributed by atoms with Gasteiger partial charge in [-0.25, -0.2) is 4.98 Å². The maximum Gasteiger partial charge on any atom is 0.135 e. The number of halogens is 1. The van der Waals surface area contributed by atoms with Gasteiger partial charge in [0.2, 0.25) is 0 Å². The molecule has 0 bridgehead atoms. The molecule has 1 fully saturated rings. The van der Waals surface area contributed by atoms with Crippen molar-refractivity contribution in [2.45, 2.75) is 12.5 Å². The van der Waals surface area contributed by atoms with E-state index in [0.29, 0.717) is 5.92 Å². The molecular weight excluding hydrogens is 334 g/mol. The van der Waals surface area contributed by atoms with Crippen molar-refractivity contribution >= 4 is 15.9 Å². The van der Waals surface area contributed by atoms with Gasteiger partial charge in [0.05, 0.1) is 48.1 Å². The molecule has 3 rings (SSSR count). The van der Waals surface area contributed by atoms with Gasteiger partial charge in [-0.05, 0) is 34.5 Å². The Morgan fingerprint density at radius 1 is 1.52 bits per heavy atom. The summed E-state index contributed by atoms with van der Waals surface area (Å²) in [7, 11) is 1.65. The number of hydrogen-bond donors (Lipinski definition) is 1. The summed E-state index contributed by atoms with van der Waals surface area (Å²) < 4.78 is 13.7. The number of aromatic nitrogens is 2. The molecular formula is C15H18BrN3O2. The van der Waals surface area contributed by atoms with Crippen LogP contribution in [-0.4, -0.2) is 29.9 Å². The van der Waals surface area contributed by atoms with Gasteiger partial charge in [-0.15, -0.1) is 0 Å². The minimum atomic E-state index is -0.0790. The predicted molar refractivity (Wildman–Crippen MR) is 83.7 cm³/mol. The second-order valence-electron chi connectivity index (χ2n) is 5.16.